The molecule has 202 valence electrons. The molecule has 3 aromatic heterocycles. The molecule has 11 heteroatoms. The van der Waals surface area contributed by atoms with E-state index in [-0.39, 0.29) is 28.0 Å². The Hall–Kier alpha value is -1.85. The van der Waals surface area contributed by atoms with Crippen molar-refractivity contribution < 1.29 is 18.5 Å². The maximum absolute atomic E-state index is 13.4. The molecule has 0 aliphatic heterocycles. The van der Waals surface area contributed by atoms with Gasteiger partial charge in [-0.1, -0.05) is 0 Å². The highest BCUT2D eigenvalue weighted by atomic mass is 35.5. The quantitative estimate of drug-likeness (QED) is 0.252. The second kappa shape index (κ2) is 10.0. The summed E-state index contributed by atoms with van der Waals surface area (Å²) in [5, 5.41) is 0.0489. The molecule has 1 aliphatic rings. The van der Waals surface area contributed by atoms with Gasteiger partial charge in [0.1, 0.15) is 16.1 Å². The van der Waals surface area contributed by atoms with Crippen molar-refractivity contribution in [2.75, 3.05) is 4.90 Å². The summed E-state index contributed by atoms with van der Waals surface area (Å²) in [4.78, 5) is 25.0. The molecule has 1 fully saturated rings. The summed E-state index contributed by atoms with van der Waals surface area (Å²) < 4.78 is 27.8. The average Bonchev–Trinajstić information content (AvgIpc) is 3.28. The van der Waals surface area contributed by atoms with E-state index in [9.17, 15) is 9.35 Å². The van der Waals surface area contributed by atoms with Crippen LogP contribution in [0.5, 0.6) is 0 Å². The van der Waals surface area contributed by atoms with Crippen LogP contribution in [0.2, 0.25) is 5.28 Å². The Morgan fingerprint density at radius 3 is 2.54 bits per heavy atom. The van der Waals surface area contributed by atoms with Crippen LogP contribution in [-0.2, 0) is 28.1 Å². The van der Waals surface area contributed by atoms with Crippen LogP contribution in [0.4, 0.5) is 10.6 Å². The summed E-state index contributed by atoms with van der Waals surface area (Å²) in [5.41, 5.74) is 0.837. The number of aryl methyl sites for hydroxylation is 1. The molecule has 4 rings (SSSR count). The van der Waals surface area contributed by atoms with Crippen LogP contribution in [0.3, 0.4) is 0 Å². The topological polar surface area (TPSA) is 104 Å². The fraction of sp³-hybridized carbons (Fsp3) is 0.577. The van der Waals surface area contributed by atoms with Gasteiger partial charge in [-0.3, -0.25) is 4.90 Å². The maximum atomic E-state index is 13.4. The van der Waals surface area contributed by atoms with E-state index >= 15 is 0 Å². The summed E-state index contributed by atoms with van der Waals surface area (Å²) >= 11 is 6.78. The molecular formula is C26H35ClN4O4S2. The zero-order valence-electron chi connectivity index (χ0n) is 22.6. The number of ether oxygens (including phenoxy) is 1. The van der Waals surface area contributed by atoms with Crippen LogP contribution < -0.4 is 9.62 Å². The minimum Gasteiger partial charge on any atom is -0.598 e. The lowest BCUT2D eigenvalue weighted by molar-refractivity contribution is 0.0574. The van der Waals surface area contributed by atoms with Gasteiger partial charge in [-0.25, -0.2) is 9.78 Å². The number of thiophene rings is 1. The molecule has 37 heavy (non-hydrogen) atoms. The highest BCUT2D eigenvalue weighted by Gasteiger charge is 2.53. The standard InChI is InChI=1S/C26H35ClN4O4S2/c1-15-18-19(36-20(15)26(11-12-26)16(2)30-37(33)25(6,7)8)21(29-22(27)28-18)31(14-17-10-9-13-34-17)23(32)35-24(3,4)5/h9-10,13,16,30H,11-12,14H2,1-8H3/t16-,37?/m0/s1. The Kier molecular flexibility index (Phi) is 7.64. The number of hydrogen-bond donors (Lipinski definition) is 1. The van der Waals surface area contributed by atoms with Crippen molar-refractivity contribution in [3.8, 4) is 0 Å². The number of nitrogens with one attached hydrogen (secondary N) is 1. The van der Waals surface area contributed by atoms with Gasteiger partial charge in [-0.05, 0) is 97.5 Å². The summed E-state index contributed by atoms with van der Waals surface area (Å²) in [6, 6.07) is 3.55. The van der Waals surface area contributed by atoms with E-state index in [0.717, 1.165) is 28.0 Å². The molecule has 1 saturated carbocycles. The fourth-order valence-corrected chi connectivity index (χ4v) is 6.89. The Morgan fingerprint density at radius 1 is 1.32 bits per heavy atom. The van der Waals surface area contributed by atoms with Crippen LogP contribution in [-0.4, -0.2) is 37.0 Å². The molecule has 0 radical (unpaired) electrons. The van der Waals surface area contributed by atoms with Gasteiger partial charge in [0.25, 0.3) is 0 Å². The zero-order chi connectivity index (χ0) is 27.3. The lowest BCUT2D eigenvalue weighted by Gasteiger charge is -2.30. The largest absolute Gasteiger partial charge is 0.598 e. The second-order valence-corrected chi connectivity index (χ2v) is 14.9. The first-order valence-corrected chi connectivity index (χ1v) is 14.6. The van der Waals surface area contributed by atoms with Gasteiger partial charge in [0.2, 0.25) is 5.28 Å². The van der Waals surface area contributed by atoms with E-state index in [0.29, 0.717) is 17.1 Å². The minimum absolute atomic E-state index is 0.0173. The monoisotopic (exact) mass is 566 g/mol. The van der Waals surface area contributed by atoms with Crippen LogP contribution in [0, 0.1) is 6.92 Å². The molecule has 0 spiro atoms. The van der Waals surface area contributed by atoms with E-state index in [1.807, 2.05) is 48.5 Å². The molecule has 1 aliphatic carbocycles. The highest BCUT2D eigenvalue weighted by Crippen LogP contribution is 2.56. The van der Waals surface area contributed by atoms with Gasteiger partial charge in [-0.2, -0.15) is 4.98 Å². The van der Waals surface area contributed by atoms with Crippen molar-refractivity contribution in [3.63, 3.8) is 0 Å². The van der Waals surface area contributed by atoms with Crippen LogP contribution >= 0.6 is 22.9 Å². The summed E-state index contributed by atoms with van der Waals surface area (Å²) in [5.74, 6) is 0.970. The van der Waals surface area contributed by atoms with E-state index in [1.165, 1.54) is 4.90 Å². The lowest BCUT2D eigenvalue weighted by Crippen LogP contribution is -2.48. The van der Waals surface area contributed by atoms with Gasteiger partial charge in [0.15, 0.2) is 5.82 Å². The number of aromatic nitrogens is 2. The average molecular weight is 567 g/mol. The number of furan rings is 1. The molecule has 2 atom stereocenters. The van der Waals surface area contributed by atoms with Gasteiger partial charge in [-0.15, -0.1) is 16.1 Å². The second-order valence-electron chi connectivity index (χ2n) is 11.6. The number of carbonyl (C=O) groups excluding carboxylic acids is 1. The van der Waals surface area contributed by atoms with Crippen LogP contribution in [0.15, 0.2) is 22.8 Å². The summed E-state index contributed by atoms with van der Waals surface area (Å²) in [7, 11) is 0. The van der Waals surface area contributed by atoms with E-state index < -0.39 is 23.1 Å². The molecule has 3 aromatic rings. The van der Waals surface area contributed by atoms with Gasteiger partial charge in [0, 0.05) is 21.7 Å². The highest BCUT2D eigenvalue weighted by molar-refractivity contribution is 7.90. The van der Waals surface area contributed by atoms with Crippen LogP contribution in [0.1, 0.15) is 77.5 Å². The van der Waals surface area contributed by atoms with Gasteiger partial charge in [0.05, 0.1) is 29.1 Å². The number of anilines is 1. The van der Waals surface area contributed by atoms with Crippen molar-refractivity contribution in [1.82, 2.24) is 14.7 Å². The molecule has 3 heterocycles. The molecule has 8 nitrogen and oxygen atoms in total. The number of halogens is 1. The SMILES string of the molecule is Cc1c(C2([C@H](C)N[S+]([O-])C(C)(C)C)CC2)sc2c(N(Cc3ccco3)C(=O)OC(C)(C)C)nc(Cl)nc12. The van der Waals surface area contributed by atoms with Crippen molar-refractivity contribution in [2.45, 2.75) is 96.6 Å². The number of hydrogen-bond acceptors (Lipinski definition) is 8. The molecule has 1 N–H and O–H groups in total. The molecule has 0 bridgehead atoms. The smallest absolute Gasteiger partial charge is 0.416 e. The van der Waals surface area contributed by atoms with Crippen molar-refractivity contribution in [3.05, 3.63) is 39.9 Å². The molecule has 1 amide bonds. The number of rotatable bonds is 7. The maximum Gasteiger partial charge on any atom is 0.416 e. The van der Waals surface area contributed by atoms with Gasteiger partial charge >= 0.3 is 6.09 Å². The molecule has 1 unspecified atom stereocenters. The lowest BCUT2D eigenvalue weighted by atomic mass is 9.94. The van der Waals surface area contributed by atoms with E-state index in [4.69, 9.17) is 20.8 Å². The Morgan fingerprint density at radius 2 is 2.00 bits per heavy atom. The number of amides is 1. The zero-order valence-corrected chi connectivity index (χ0v) is 25.0. The first kappa shape index (κ1) is 28.2. The summed E-state index contributed by atoms with van der Waals surface area (Å²) in [6.07, 6.45) is 2.94. The Bertz CT molecular complexity index is 1280. The number of nitrogens with zero attached hydrogens (tertiary/aromatic N) is 3. The number of fused-ring (bicyclic) bond motifs is 1. The normalized spacial score (nSPS) is 17.0. The molecule has 0 saturated heterocycles. The van der Waals surface area contributed by atoms with E-state index in [2.05, 4.69) is 21.6 Å². The van der Waals surface area contributed by atoms with Crippen LogP contribution in [0.25, 0.3) is 10.2 Å². The third-order valence-electron chi connectivity index (χ3n) is 6.39. The third kappa shape index (κ3) is 5.93. The van der Waals surface area contributed by atoms with Crippen molar-refractivity contribution in [1.29, 1.82) is 0 Å². The predicted molar refractivity (Wildman–Crippen MR) is 150 cm³/mol. The third-order valence-corrected chi connectivity index (χ3v) is 9.74. The Labute approximate surface area is 230 Å². The molecule has 0 aromatic carbocycles. The summed E-state index contributed by atoms with van der Waals surface area (Å²) in [6.45, 7) is 15.6. The predicted octanol–water partition coefficient (Wildman–Crippen LogP) is 6.66. The van der Waals surface area contributed by atoms with E-state index in [1.54, 1.807) is 29.7 Å². The molecular weight excluding hydrogens is 532 g/mol. The number of carbonyl (C=O) groups is 1. The van der Waals surface area contributed by atoms with Crippen molar-refractivity contribution in [2.24, 2.45) is 0 Å². The first-order chi connectivity index (χ1) is 17.1. The fourth-order valence-electron chi connectivity index (χ4n) is 4.25. The first-order valence-electron chi connectivity index (χ1n) is 12.3. The Balaban J connectivity index is 1.79. The van der Waals surface area contributed by atoms with Gasteiger partial charge < -0.3 is 13.7 Å². The minimum atomic E-state index is -1.20. The van der Waals surface area contributed by atoms with Crippen molar-refractivity contribution >= 4 is 56.4 Å².